The molecule has 1 fully saturated rings. The van der Waals surface area contributed by atoms with Crippen molar-refractivity contribution >= 4 is 40.9 Å². The van der Waals surface area contributed by atoms with Gasteiger partial charge in [-0.05, 0) is 74.3 Å². The van der Waals surface area contributed by atoms with Crippen LogP contribution in [-0.2, 0) is 32.1 Å². The topological polar surface area (TPSA) is 85.4 Å². The fourth-order valence-electron chi connectivity index (χ4n) is 7.15. The van der Waals surface area contributed by atoms with Crippen LogP contribution in [0.5, 0.6) is 0 Å². The molecule has 0 radical (unpaired) electrons. The highest BCUT2D eigenvalue weighted by molar-refractivity contribution is 6.31. The van der Waals surface area contributed by atoms with Crippen LogP contribution in [0.25, 0.3) is 0 Å². The van der Waals surface area contributed by atoms with Crippen molar-refractivity contribution in [3.63, 3.8) is 0 Å². The molecule has 2 heterocycles. The molecule has 3 aromatic rings. The van der Waals surface area contributed by atoms with Crippen molar-refractivity contribution in [1.82, 2.24) is 24.9 Å². The van der Waals surface area contributed by atoms with E-state index in [0.29, 0.717) is 44.2 Å². The molecule has 11 heteroatoms. The molecule has 3 amide bonds. The Morgan fingerprint density at radius 3 is 2.21 bits per heavy atom. The summed E-state index contributed by atoms with van der Waals surface area (Å²) in [6.45, 7) is 15.5. The minimum atomic E-state index is -0.791. The highest BCUT2D eigenvalue weighted by atomic mass is 35.5. The van der Waals surface area contributed by atoms with Crippen molar-refractivity contribution in [2.45, 2.75) is 77.7 Å². The second kappa shape index (κ2) is 18.0. The summed E-state index contributed by atoms with van der Waals surface area (Å²) in [4.78, 5) is 50.1. The van der Waals surface area contributed by atoms with E-state index in [1.54, 1.807) is 17.0 Å². The number of rotatable bonds is 14. The van der Waals surface area contributed by atoms with Gasteiger partial charge in [0.2, 0.25) is 17.7 Å². The molecule has 280 valence electrons. The van der Waals surface area contributed by atoms with Crippen molar-refractivity contribution in [1.29, 1.82) is 0 Å². The molecule has 0 aromatic heterocycles. The average molecular weight is 751 g/mol. The summed E-state index contributed by atoms with van der Waals surface area (Å²) in [5.74, 6) is -0.591. The molecule has 52 heavy (non-hydrogen) atoms. The Hall–Kier alpha value is -3.47. The maximum Gasteiger partial charge on any atom is 0.249 e. The highest BCUT2D eigenvalue weighted by Crippen LogP contribution is 2.36. The Labute approximate surface area is 319 Å². The van der Waals surface area contributed by atoms with Crippen molar-refractivity contribution < 1.29 is 19.1 Å². The van der Waals surface area contributed by atoms with E-state index in [2.05, 4.69) is 35.0 Å². The van der Waals surface area contributed by atoms with Crippen LogP contribution in [0.1, 0.15) is 75.4 Å². The number of piperazine rings is 1. The summed E-state index contributed by atoms with van der Waals surface area (Å²) < 4.78 is 5.81. The highest BCUT2D eigenvalue weighted by Gasteiger charge is 2.37. The second-order valence-electron chi connectivity index (χ2n) is 14.7. The molecule has 0 spiro atoms. The quantitative estimate of drug-likeness (QED) is 0.202. The molecule has 3 aromatic carbocycles. The third-order valence-corrected chi connectivity index (χ3v) is 10.7. The summed E-state index contributed by atoms with van der Waals surface area (Å²) in [5.41, 5.74) is 3.46. The normalized spacial score (nSPS) is 17.6. The Morgan fingerprint density at radius 2 is 1.56 bits per heavy atom. The molecule has 1 N–H and O–H groups in total. The van der Waals surface area contributed by atoms with E-state index in [1.807, 2.05) is 80.3 Å². The fraction of sp³-hybridized carbons (Fsp3) is 0.488. The van der Waals surface area contributed by atoms with E-state index < -0.39 is 17.7 Å². The Morgan fingerprint density at radius 1 is 0.904 bits per heavy atom. The van der Waals surface area contributed by atoms with Crippen LogP contribution >= 0.6 is 23.2 Å². The lowest BCUT2D eigenvalue weighted by atomic mass is 10.0. The van der Waals surface area contributed by atoms with Gasteiger partial charge in [0.15, 0.2) is 0 Å². The van der Waals surface area contributed by atoms with Gasteiger partial charge in [0, 0.05) is 61.8 Å². The van der Waals surface area contributed by atoms with Crippen molar-refractivity contribution in [2.75, 3.05) is 52.4 Å². The van der Waals surface area contributed by atoms with E-state index in [4.69, 9.17) is 27.9 Å². The van der Waals surface area contributed by atoms with E-state index >= 15 is 0 Å². The number of hydrogen-bond acceptors (Lipinski definition) is 6. The molecule has 9 nitrogen and oxygen atoms in total. The maximum atomic E-state index is 14.3. The molecule has 2 aliphatic rings. The number of carbonyl (C=O) groups is 3. The summed E-state index contributed by atoms with van der Waals surface area (Å²) in [6, 6.07) is 22.0. The first-order valence-electron chi connectivity index (χ1n) is 18.4. The largest absolute Gasteiger partial charge is 0.366 e. The number of amides is 3. The van der Waals surface area contributed by atoms with Gasteiger partial charge in [0.05, 0.1) is 18.1 Å². The zero-order chi connectivity index (χ0) is 37.4. The third kappa shape index (κ3) is 10.4. The first-order valence-corrected chi connectivity index (χ1v) is 19.2. The smallest absolute Gasteiger partial charge is 0.249 e. The van der Waals surface area contributed by atoms with E-state index in [0.717, 1.165) is 46.9 Å². The summed E-state index contributed by atoms with van der Waals surface area (Å²) in [7, 11) is 0. The van der Waals surface area contributed by atoms with Gasteiger partial charge < -0.3 is 24.8 Å². The molecule has 0 aliphatic carbocycles. The molecule has 0 saturated carbocycles. The Bertz CT molecular complexity index is 1670. The molecule has 3 unspecified atom stereocenters. The van der Waals surface area contributed by atoms with Gasteiger partial charge in [-0.1, -0.05) is 91.6 Å². The van der Waals surface area contributed by atoms with Crippen molar-refractivity contribution in [3.05, 3.63) is 105 Å². The molecular weight excluding hydrogens is 697 g/mol. The third-order valence-electron chi connectivity index (χ3n) is 10.1. The minimum absolute atomic E-state index is 0.0291. The Kier molecular flexibility index (Phi) is 13.8. The number of nitrogens with one attached hydrogen (secondary N) is 1. The number of nitrogens with zero attached hydrogens (tertiary/aromatic N) is 4. The minimum Gasteiger partial charge on any atom is -0.366 e. The zero-order valence-electron chi connectivity index (χ0n) is 31.1. The molecule has 2 aliphatic heterocycles. The van der Waals surface area contributed by atoms with E-state index in [9.17, 15) is 14.4 Å². The lowest BCUT2D eigenvalue weighted by Crippen LogP contribution is -2.56. The molecule has 3 atom stereocenters. The van der Waals surface area contributed by atoms with Crippen LogP contribution in [0.3, 0.4) is 0 Å². The fourth-order valence-corrected chi connectivity index (χ4v) is 7.54. The average Bonchev–Trinajstić information content (AvgIpc) is 3.49. The van der Waals surface area contributed by atoms with Crippen molar-refractivity contribution in [3.8, 4) is 0 Å². The van der Waals surface area contributed by atoms with Crippen molar-refractivity contribution in [2.24, 2.45) is 0 Å². The second-order valence-corrected chi connectivity index (χ2v) is 15.5. The monoisotopic (exact) mass is 749 g/mol. The van der Waals surface area contributed by atoms with Gasteiger partial charge in [0.25, 0.3) is 0 Å². The number of halogens is 2. The first-order chi connectivity index (χ1) is 24.9. The number of ether oxygens (including phenoxy) is 1. The van der Waals surface area contributed by atoms with Crippen LogP contribution in [0, 0.1) is 0 Å². The standard InChI is InChI=1S/C41H53Cl2N5O4/c1-6-45(7-2)27-37(33-14-10-11-15-34(33)43)46-20-22-47(23-21-46)40(51)35(24-29-16-18-31(42)19-17-29)44-38(49)25-36-32-13-9-8-12-30(32)26-48(36)39(50)28-52-41(3,4)5/h8-19,35-37H,6-7,20-28H2,1-5H3,(H,44,49). The van der Waals surface area contributed by atoms with Crippen LogP contribution in [0.4, 0.5) is 0 Å². The first kappa shape index (κ1) is 39.7. The van der Waals surface area contributed by atoms with Gasteiger partial charge >= 0.3 is 0 Å². The van der Waals surface area contributed by atoms with Gasteiger partial charge in [-0.25, -0.2) is 0 Å². The number of hydrogen-bond donors (Lipinski definition) is 1. The molecule has 5 rings (SSSR count). The zero-order valence-corrected chi connectivity index (χ0v) is 32.6. The molecular formula is C41H53Cl2N5O4. The number of fused-ring (bicyclic) bond motifs is 1. The number of benzene rings is 3. The lowest BCUT2D eigenvalue weighted by molar-refractivity contribution is -0.144. The van der Waals surface area contributed by atoms with Gasteiger partial charge in [0.1, 0.15) is 12.6 Å². The van der Waals surface area contributed by atoms with Crippen LogP contribution in [-0.4, -0.2) is 101 Å². The Balaban J connectivity index is 1.31. The van der Waals surface area contributed by atoms with Gasteiger partial charge in [-0.2, -0.15) is 0 Å². The number of carbonyl (C=O) groups excluding carboxylic acids is 3. The summed E-state index contributed by atoms with van der Waals surface area (Å²) >= 11 is 12.9. The van der Waals surface area contributed by atoms with Crippen LogP contribution < -0.4 is 5.32 Å². The SMILES string of the molecule is CCN(CC)CC(c1ccccc1Cl)N1CCN(C(=O)C(Cc2ccc(Cl)cc2)NC(=O)CC2c3ccccc3CN2C(=O)COC(C)(C)C)CC1. The van der Waals surface area contributed by atoms with E-state index in [-0.39, 0.29) is 36.8 Å². The molecule has 1 saturated heterocycles. The maximum absolute atomic E-state index is 14.3. The lowest BCUT2D eigenvalue weighted by Gasteiger charge is -2.42. The van der Waals surface area contributed by atoms with Crippen LogP contribution in [0.15, 0.2) is 72.8 Å². The predicted molar refractivity (Wildman–Crippen MR) is 207 cm³/mol. The predicted octanol–water partition coefficient (Wildman–Crippen LogP) is 6.54. The van der Waals surface area contributed by atoms with E-state index in [1.165, 1.54) is 0 Å². The summed E-state index contributed by atoms with van der Waals surface area (Å²) in [5, 5.41) is 4.44. The number of likely N-dealkylation sites (N-methyl/N-ethyl adjacent to an activating group) is 1. The van der Waals surface area contributed by atoms with Crippen LogP contribution in [0.2, 0.25) is 10.0 Å². The summed E-state index contributed by atoms with van der Waals surface area (Å²) in [6.07, 6.45) is 0.344. The van der Waals surface area contributed by atoms with Gasteiger partial charge in [-0.15, -0.1) is 0 Å². The van der Waals surface area contributed by atoms with Gasteiger partial charge in [-0.3, -0.25) is 19.3 Å². The molecule has 0 bridgehead atoms.